The van der Waals surface area contributed by atoms with Gasteiger partial charge in [0.2, 0.25) is 0 Å². The topological polar surface area (TPSA) is 99.6 Å². The Hall–Kier alpha value is -2.64. The lowest BCUT2D eigenvalue weighted by Crippen LogP contribution is -2.43. The molecule has 4 aromatic rings. The van der Waals surface area contributed by atoms with Gasteiger partial charge in [0, 0.05) is 21.9 Å². The van der Waals surface area contributed by atoms with Crippen molar-refractivity contribution in [1.82, 2.24) is 15.0 Å². The molecule has 29 heavy (non-hydrogen) atoms. The van der Waals surface area contributed by atoms with Crippen molar-refractivity contribution < 1.29 is 0 Å². The van der Waals surface area contributed by atoms with Gasteiger partial charge in [-0.3, -0.25) is 4.79 Å². The summed E-state index contributed by atoms with van der Waals surface area (Å²) >= 11 is 3.56. The summed E-state index contributed by atoms with van der Waals surface area (Å²) in [6, 6.07) is 13.8. The van der Waals surface area contributed by atoms with E-state index in [-0.39, 0.29) is 17.6 Å². The third kappa shape index (κ3) is 3.34. The number of anilines is 1. The fourth-order valence-electron chi connectivity index (χ4n) is 4.24. The molecule has 0 aliphatic heterocycles. The van der Waals surface area contributed by atoms with Crippen LogP contribution in [0.15, 0.2) is 51.7 Å². The highest BCUT2D eigenvalue weighted by molar-refractivity contribution is 9.10. The van der Waals surface area contributed by atoms with Gasteiger partial charge in [-0.1, -0.05) is 40.9 Å². The Balaban J connectivity index is 1.75. The smallest absolute Gasteiger partial charge is 0.261 e. The summed E-state index contributed by atoms with van der Waals surface area (Å²) in [7, 11) is 0. The first-order valence-electron chi connectivity index (χ1n) is 9.93. The largest absolute Gasteiger partial charge is 0.379 e. The minimum atomic E-state index is -0.175. The molecule has 5 N–H and O–H groups in total. The number of nitrogens with two attached hydrogens (primary N) is 1. The molecule has 1 saturated carbocycles. The number of pyridine rings is 1. The van der Waals surface area contributed by atoms with Crippen LogP contribution in [-0.4, -0.2) is 27.0 Å². The number of H-pyrrole nitrogens is 2. The van der Waals surface area contributed by atoms with E-state index in [0.29, 0.717) is 11.4 Å². The van der Waals surface area contributed by atoms with Crippen molar-refractivity contribution >= 4 is 43.6 Å². The zero-order chi connectivity index (χ0) is 20.0. The summed E-state index contributed by atoms with van der Waals surface area (Å²) in [4.78, 5) is 24.1. The van der Waals surface area contributed by atoms with Crippen molar-refractivity contribution in [2.45, 2.75) is 37.8 Å². The summed E-state index contributed by atoms with van der Waals surface area (Å²) in [5.41, 5.74) is 10.0. The van der Waals surface area contributed by atoms with E-state index in [1.807, 2.05) is 42.5 Å². The molecule has 0 radical (unpaired) electrons. The van der Waals surface area contributed by atoms with Crippen LogP contribution >= 0.6 is 15.9 Å². The molecule has 2 heterocycles. The summed E-state index contributed by atoms with van der Waals surface area (Å²) in [5, 5.41) is 4.56. The van der Waals surface area contributed by atoms with Gasteiger partial charge in [0.15, 0.2) is 0 Å². The molecular weight excluding hydrogens is 430 g/mol. The Kier molecular flexibility index (Phi) is 4.64. The van der Waals surface area contributed by atoms with E-state index >= 15 is 0 Å². The lowest BCUT2D eigenvalue weighted by atomic mass is 9.90. The molecule has 2 atom stereocenters. The number of hydrogen-bond donors (Lipinski definition) is 4. The maximum Gasteiger partial charge on any atom is 0.261 e. The maximum absolute atomic E-state index is 13.1. The van der Waals surface area contributed by atoms with Crippen molar-refractivity contribution in [1.29, 1.82) is 0 Å². The molecule has 0 amide bonds. The predicted octanol–water partition coefficient (Wildman–Crippen LogP) is 4.52. The molecule has 5 rings (SSSR count). The summed E-state index contributed by atoms with van der Waals surface area (Å²) in [6.45, 7) is 0. The SMILES string of the molecule is N[C@@H]1CCCC[C@H]1Nc1c(-c2nc3ccccc3[nH]2)c(=O)[nH]c2ccc(Br)cc12. The Morgan fingerprint density at radius 1 is 1.07 bits per heavy atom. The Morgan fingerprint density at radius 2 is 1.90 bits per heavy atom. The Morgan fingerprint density at radius 3 is 2.72 bits per heavy atom. The second-order valence-corrected chi connectivity index (χ2v) is 8.61. The minimum absolute atomic E-state index is 0.0637. The monoisotopic (exact) mass is 451 g/mol. The molecule has 0 spiro atoms. The van der Waals surface area contributed by atoms with Gasteiger partial charge in [-0.2, -0.15) is 0 Å². The van der Waals surface area contributed by atoms with Crippen molar-refractivity contribution in [2.75, 3.05) is 5.32 Å². The molecule has 1 fully saturated rings. The zero-order valence-corrected chi connectivity index (χ0v) is 17.4. The average molecular weight is 452 g/mol. The fraction of sp³-hybridized carbons (Fsp3) is 0.273. The maximum atomic E-state index is 13.1. The first kappa shape index (κ1) is 18.4. The molecule has 6 nitrogen and oxygen atoms in total. The molecule has 7 heteroatoms. The van der Waals surface area contributed by atoms with Crippen LogP contribution in [0.1, 0.15) is 25.7 Å². The van der Waals surface area contributed by atoms with Gasteiger partial charge in [0.25, 0.3) is 5.56 Å². The number of nitrogens with one attached hydrogen (secondary N) is 3. The molecule has 0 saturated heterocycles. The third-order valence-electron chi connectivity index (χ3n) is 5.75. The molecule has 1 aliphatic carbocycles. The van der Waals surface area contributed by atoms with Gasteiger partial charge in [-0.05, 0) is 43.2 Å². The lowest BCUT2D eigenvalue weighted by Gasteiger charge is -2.31. The highest BCUT2D eigenvalue weighted by Gasteiger charge is 2.25. The number of aromatic amines is 2. The van der Waals surface area contributed by atoms with Crippen LogP contribution in [0.2, 0.25) is 0 Å². The fourth-order valence-corrected chi connectivity index (χ4v) is 4.60. The molecular formula is C22H22BrN5O. The van der Waals surface area contributed by atoms with E-state index < -0.39 is 0 Å². The van der Waals surface area contributed by atoms with Gasteiger partial charge in [-0.15, -0.1) is 0 Å². The van der Waals surface area contributed by atoms with E-state index in [1.54, 1.807) is 0 Å². The van der Waals surface area contributed by atoms with Crippen LogP contribution in [0.4, 0.5) is 5.69 Å². The van der Waals surface area contributed by atoms with Crippen LogP contribution in [-0.2, 0) is 0 Å². The summed E-state index contributed by atoms with van der Waals surface area (Å²) < 4.78 is 0.948. The van der Waals surface area contributed by atoms with Crippen LogP contribution in [0.5, 0.6) is 0 Å². The molecule has 0 unspecified atom stereocenters. The lowest BCUT2D eigenvalue weighted by molar-refractivity contribution is 0.404. The van der Waals surface area contributed by atoms with Gasteiger partial charge in [0.05, 0.1) is 22.2 Å². The van der Waals surface area contributed by atoms with Gasteiger partial charge >= 0.3 is 0 Å². The minimum Gasteiger partial charge on any atom is -0.379 e. The molecule has 1 aliphatic rings. The second kappa shape index (κ2) is 7.31. The molecule has 148 valence electrons. The molecule has 2 aromatic carbocycles. The summed E-state index contributed by atoms with van der Waals surface area (Å²) in [5.74, 6) is 0.557. The van der Waals surface area contributed by atoms with Crippen LogP contribution < -0.4 is 16.6 Å². The zero-order valence-electron chi connectivity index (χ0n) is 15.8. The van der Waals surface area contributed by atoms with Crippen LogP contribution in [0.25, 0.3) is 33.3 Å². The average Bonchev–Trinajstić information content (AvgIpc) is 3.13. The predicted molar refractivity (Wildman–Crippen MR) is 121 cm³/mol. The van der Waals surface area contributed by atoms with Crippen molar-refractivity contribution in [2.24, 2.45) is 5.73 Å². The number of hydrogen-bond acceptors (Lipinski definition) is 4. The van der Waals surface area contributed by atoms with Crippen molar-refractivity contribution in [3.05, 3.63) is 57.3 Å². The second-order valence-electron chi connectivity index (χ2n) is 7.70. The molecule has 2 aromatic heterocycles. The Labute approximate surface area is 176 Å². The quantitative estimate of drug-likeness (QED) is 0.367. The van der Waals surface area contributed by atoms with Gasteiger partial charge < -0.3 is 21.0 Å². The number of imidazole rings is 1. The standard InChI is InChI=1S/C22H22BrN5O/c23-12-9-10-15-13(11-12)20(25-16-6-2-1-5-14(16)24)19(22(29)28-15)21-26-17-7-3-4-8-18(17)27-21/h3-4,7-11,14,16H,1-2,5-6,24H2,(H,26,27)(H2,25,28,29)/t14-,16-/m1/s1. The van der Waals surface area contributed by atoms with Crippen molar-refractivity contribution in [3.8, 4) is 11.4 Å². The first-order chi connectivity index (χ1) is 14.1. The number of aromatic nitrogens is 3. The van der Waals surface area contributed by atoms with Gasteiger partial charge in [-0.25, -0.2) is 4.98 Å². The van der Waals surface area contributed by atoms with E-state index in [1.165, 1.54) is 0 Å². The number of para-hydroxylation sites is 2. The van der Waals surface area contributed by atoms with E-state index in [9.17, 15) is 4.79 Å². The number of rotatable bonds is 3. The third-order valence-corrected chi connectivity index (χ3v) is 6.24. The normalized spacial score (nSPS) is 19.7. The summed E-state index contributed by atoms with van der Waals surface area (Å²) in [6.07, 6.45) is 4.26. The van der Waals surface area contributed by atoms with E-state index in [4.69, 9.17) is 5.73 Å². The number of halogens is 1. The number of nitrogens with zero attached hydrogens (tertiary/aromatic N) is 1. The number of fused-ring (bicyclic) bond motifs is 2. The highest BCUT2D eigenvalue weighted by atomic mass is 79.9. The van der Waals surface area contributed by atoms with Gasteiger partial charge in [0.1, 0.15) is 11.4 Å². The Bertz CT molecular complexity index is 1230. The van der Waals surface area contributed by atoms with Crippen LogP contribution in [0.3, 0.4) is 0 Å². The van der Waals surface area contributed by atoms with Crippen LogP contribution in [0, 0.1) is 0 Å². The van der Waals surface area contributed by atoms with Crippen molar-refractivity contribution in [3.63, 3.8) is 0 Å². The van der Waals surface area contributed by atoms with E-state index in [0.717, 1.165) is 57.8 Å². The number of benzene rings is 2. The first-order valence-corrected chi connectivity index (χ1v) is 10.7. The van der Waals surface area contributed by atoms with E-state index in [2.05, 4.69) is 36.2 Å². The molecule has 0 bridgehead atoms. The highest BCUT2D eigenvalue weighted by Crippen LogP contribution is 2.34.